The van der Waals surface area contributed by atoms with Crippen LogP contribution in [0, 0.1) is 5.82 Å². The highest BCUT2D eigenvalue weighted by atomic mass is 32.1. The molecule has 0 unspecified atom stereocenters. The van der Waals surface area contributed by atoms with Gasteiger partial charge in [-0.2, -0.15) is 0 Å². The molecule has 17 heavy (non-hydrogen) atoms. The topological polar surface area (TPSA) is 37.3 Å². The molecule has 0 aliphatic carbocycles. The Hall–Kier alpha value is -1.94. The Morgan fingerprint density at radius 1 is 1.18 bits per heavy atom. The van der Waals surface area contributed by atoms with E-state index in [1.54, 1.807) is 12.1 Å². The van der Waals surface area contributed by atoms with Crippen molar-refractivity contribution in [2.75, 3.05) is 0 Å². The molecule has 1 aromatic heterocycles. The van der Waals surface area contributed by atoms with Crippen LogP contribution in [-0.2, 0) is 0 Å². The van der Waals surface area contributed by atoms with Crippen molar-refractivity contribution in [2.45, 2.75) is 0 Å². The van der Waals surface area contributed by atoms with E-state index < -0.39 is 11.8 Å². The first-order chi connectivity index (χ1) is 8.18. The van der Waals surface area contributed by atoms with E-state index in [-0.39, 0.29) is 5.56 Å². The summed E-state index contributed by atoms with van der Waals surface area (Å²) in [7, 11) is 0. The van der Waals surface area contributed by atoms with Crippen LogP contribution in [-0.4, -0.2) is 11.1 Å². The molecule has 0 saturated heterocycles. The van der Waals surface area contributed by atoms with E-state index in [1.165, 1.54) is 23.5 Å². The maximum Gasteiger partial charge on any atom is 0.337 e. The van der Waals surface area contributed by atoms with Crippen molar-refractivity contribution in [2.24, 2.45) is 0 Å². The number of hydrogen-bond donors (Lipinski definition) is 1. The van der Waals surface area contributed by atoms with Gasteiger partial charge < -0.3 is 5.11 Å². The fraction of sp³-hybridized carbons (Fsp3) is 0. The minimum absolute atomic E-state index is 0.160. The van der Waals surface area contributed by atoms with Gasteiger partial charge in [0.05, 0.1) is 5.56 Å². The number of fused-ring (bicyclic) bond motifs is 3. The minimum Gasteiger partial charge on any atom is -0.478 e. The molecule has 0 saturated carbocycles. The first-order valence-electron chi connectivity index (χ1n) is 5.00. The zero-order chi connectivity index (χ0) is 12.0. The van der Waals surface area contributed by atoms with Crippen LogP contribution in [0.3, 0.4) is 0 Å². The van der Waals surface area contributed by atoms with Crippen LogP contribution < -0.4 is 0 Å². The van der Waals surface area contributed by atoms with Crippen LogP contribution in [0.5, 0.6) is 0 Å². The predicted octanol–water partition coefficient (Wildman–Crippen LogP) is 3.89. The summed E-state index contributed by atoms with van der Waals surface area (Å²) < 4.78 is 14.4. The van der Waals surface area contributed by atoms with Gasteiger partial charge in [-0.15, -0.1) is 11.3 Å². The van der Waals surface area contributed by atoms with Crippen LogP contribution in [0.4, 0.5) is 4.39 Å². The summed E-state index contributed by atoms with van der Waals surface area (Å²) >= 11 is 1.36. The molecule has 0 amide bonds. The average Bonchev–Trinajstić information content (AvgIpc) is 2.77. The molecule has 0 aliphatic heterocycles. The van der Waals surface area contributed by atoms with E-state index in [4.69, 9.17) is 5.11 Å². The first-order valence-corrected chi connectivity index (χ1v) is 5.88. The fourth-order valence-electron chi connectivity index (χ4n) is 2.02. The van der Waals surface area contributed by atoms with Gasteiger partial charge in [0.1, 0.15) is 5.82 Å². The highest BCUT2D eigenvalue weighted by molar-refractivity contribution is 7.17. The number of aromatic carboxylic acids is 1. The van der Waals surface area contributed by atoms with E-state index in [0.717, 1.165) is 10.8 Å². The molecule has 2 nitrogen and oxygen atoms in total. The van der Waals surface area contributed by atoms with Gasteiger partial charge in [0, 0.05) is 15.5 Å². The van der Waals surface area contributed by atoms with Gasteiger partial charge in [0.25, 0.3) is 0 Å². The van der Waals surface area contributed by atoms with E-state index in [0.29, 0.717) is 10.1 Å². The Bertz CT molecular complexity index is 746. The Kier molecular flexibility index (Phi) is 2.12. The second kappa shape index (κ2) is 3.53. The second-order valence-corrected chi connectivity index (χ2v) is 4.64. The Morgan fingerprint density at radius 2 is 2.00 bits per heavy atom. The molecule has 0 fully saturated rings. The van der Waals surface area contributed by atoms with Gasteiger partial charge in [0.15, 0.2) is 0 Å². The lowest BCUT2D eigenvalue weighted by Crippen LogP contribution is -1.97. The fourth-order valence-corrected chi connectivity index (χ4v) is 2.94. The van der Waals surface area contributed by atoms with Crippen molar-refractivity contribution in [1.82, 2.24) is 0 Å². The zero-order valence-corrected chi connectivity index (χ0v) is 9.42. The quantitative estimate of drug-likeness (QED) is 0.707. The van der Waals surface area contributed by atoms with Crippen molar-refractivity contribution in [3.8, 4) is 0 Å². The highest BCUT2D eigenvalue weighted by Crippen LogP contribution is 2.33. The normalized spacial score (nSPS) is 11.1. The molecule has 0 radical (unpaired) electrons. The van der Waals surface area contributed by atoms with Crippen molar-refractivity contribution in [1.29, 1.82) is 0 Å². The van der Waals surface area contributed by atoms with Gasteiger partial charge in [0.2, 0.25) is 0 Å². The largest absolute Gasteiger partial charge is 0.478 e. The molecule has 0 atom stereocenters. The number of halogens is 1. The molecule has 0 spiro atoms. The van der Waals surface area contributed by atoms with Gasteiger partial charge in [-0.3, -0.25) is 0 Å². The lowest BCUT2D eigenvalue weighted by atomic mass is 10.0. The standard InChI is InChI=1S/C13H7FO2S/c14-11-3-1-2-7-8-4-5-17-12(8)10(13(15)16)6-9(7)11/h1-6H,(H,15,16). The smallest absolute Gasteiger partial charge is 0.337 e. The summed E-state index contributed by atoms with van der Waals surface area (Å²) in [5.74, 6) is -1.42. The Balaban J connectivity index is 2.60. The first kappa shape index (κ1) is 10.2. The van der Waals surface area contributed by atoms with E-state index in [1.807, 2.05) is 11.4 Å². The van der Waals surface area contributed by atoms with E-state index in [9.17, 15) is 9.18 Å². The third-order valence-corrected chi connectivity index (χ3v) is 3.72. The number of carbonyl (C=O) groups is 1. The average molecular weight is 246 g/mol. The molecule has 0 aliphatic rings. The summed E-state index contributed by atoms with van der Waals surface area (Å²) in [6.45, 7) is 0. The maximum atomic E-state index is 13.7. The molecule has 1 N–H and O–H groups in total. The molecule has 3 rings (SSSR count). The number of hydrogen-bond acceptors (Lipinski definition) is 2. The van der Waals surface area contributed by atoms with Crippen LogP contribution in [0.1, 0.15) is 10.4 Å². The number of rotatable bonds is 1. The molecule has 4 heteroatoms. The number of carboxylic acids is 1. The number of thiophene rings is 1. The molecular formula is C13H7FO2S. The lowest BCUT2D eigenvalue weighted by Gasteiger charge is -2.04. The third kappa shape index (κ3) is 1.41. The lowest BCUT2D eigenvalue weighted by molar-refractivity contribution is 0.0699. The zero-order valence-electron chi connectivity index (χ0n) is 8.61. The molecule has 84 valence electrons. The summed E-state index contributed by atoms with van der Waals surface area (Å²) in [6, 6.07) is 8.01. The van der Waals surface area contributed by atoms with Gasteiger partial charge in [-0.1, -0.05) is 12.1 Å². The SMILES string of the molecule is O=C(O)c1cc2c(F)cccc2c2ccsc12. The minimum atomic E-state index is -1.03. The molecular weight excluding hydrogens is 239 g/mol. The highest BCUT2D eigenvalue weighted by Gasteiger charge is 2.14. The maximum absolute atomic E-state index is 13.7. The van der Waals surface area contributed by atoms with Crippen LogP contribution >= 0.6 is 11.3 Å². The Morgan fingerprint density at radius 3 is 2.76 bits per heavy atom. The monoisotopic (exact) mass is 246 g/mol. The van der Waals surface area contributed by atoms with Gasteiger partial charge >= 0.3 is 5.97 Å². The summed E-state index contributed by atoms with van der Waals surface area (Å²) in [5.41, 5.74) is 0.160. The Labute approximate surface area is 99.9 Å². The predicted molar refractivity (Wildman–Crippen MR) is 66.2 cm³/mol. The molecule has 1 heterocycles. The summed E-state index contributed by atoms with van der Waals surface area (Å²) in [6.07, 6.45) is 0. The molecule has 2 aromatic carbocycles. The van der Waals surface area contributed by atoms with Crippen molar-refractivity contribution in [3.05, 3.63) is 47.1 Å². The van der Waals surface area contributed by atoms with Gasteiger partial charge in [-0.25, -0.2) is 9.18 Å². The van der Waals surface area contributed by atoms with Crippen LogP contribution in [0.15, 0.2) is 35.7 Å². The summed E-state index contributed by atoms with van der Waals surface area (Å²) in [5, 5.41) is 12.9. The molecule has 3 aromatic rings. The summed E-state index contributed by atoms with van der Waals surface area (Å²) in [4.78, 5) is 11.2. The van der Waals surface area contributed by atoms with Crippen molar-refractivity contribution < 1.29 is 14.3 Å². The van der Waals surface area contributed by atoms with Crippen LogP contribution in [0.2, 0.25) is 0 Å². The number of benzene rings is 2. The van der Waals surface area contributed by atoms with Crippen molar-refractivity contribution in [3.63, 3.8) is 0 Å². The van der Waals surface area contributed by atoms with Gasteiger partial charge in [-0.05, 0) is 29.0 Å². The number of carboxylic acid groups (broad SMARTS) is 1. The van der Waals surface area contributed by atoms with Crippen molar-refractivity contribution >= 4 is 38.2 Å². The molecule has 0 bridgehead atoms. The second-order valence-electron chi connectivity index (χ2n) is 3.73. The van der Waals surface area contributed by atoms with E-state index in [2.05, 4.69) is 0 Å². The third-order valence-electron chi connectivity index (χ3n) is 2.77. The van der Waals surface area contributed by atoms with E-state index >= 15 is 0 Å². The van der Waals surface area contributed by atoms with Crippen LogP contribution in [0.25, 0.3) is 20.9 Å².